The molecule has 0 aliphatic carbocycles. The molecule has 0 saturated carbocycles. The molecule has 0 unspecified atom stereocenters. The number of amides is 1. The summed E-state index contributed by atoms with van der Waals surface area (Å²) in [6.45, 7) is -1.38. The van der Waals surface area contributed by atoms with Crippen molar-refractivity contribution < 1.29 is 18.0 Å². The van der Waals surface area contributed by atoms with Crippen molar-refractivity contribution in [2.24, 2.45) is 0 Å². The zero-order chi connectivity index (χ0) is 10.8. The predicted octanol–water partition coefficient (Wildman–Crippen LogP) is 0.768. The Hall–Kier alpha value is -0.870. The molecule has 0 fully saturated rings. The number of nitrogens with zero attached hydrogens (tertiary/aromatic N) is 3. The summed E-state index contributed by atoms with van der Waals surface area (Å²) in [7, 11) is 0. The first kappa shape index (κ1) is 11.2. The molecule has 0 bridgehead atoms. The number of hydrogen-bond donors (Lipinski definition) is 1. The van der Waals surface area contributed by atoms with E-state index in [1.165, 1.54) is 9.09 Å². The van der Waals surface area contributed by atoms with Crippen LogP contribution in [-0.2, 0) is 0 Å². The number of nitrogens with one attached hydrogen (secondary N) is 1. The third-order valence-electron chi connectivity index (χ3n) is 1.15. The van der Waals surface area contributed by atoms with E-state index in [4.69, 9.17) is 0 Å². The maximum atomic E-state index is 11.7. The molecular formula is C5H4F3IN4O. The van der Waals surface area contributed by atoms with Crippen LogP contribution in [0.25, 0.3) is 0 Å². The summed E-state index contributed by atoms with van der Waals surface area (Å²) in [5.74, 6) is -0.898. The van der Waals surface area contributed by atoms with E-state index in [2.05, 4.69) is 10.3 Å². The Morgan fingerprint density at radius 1 is 1.64 bits per heavy atom. The number of rotatable bonds is 2. The zero-order valence-corrected chi connectivity index (χ0v) is 8.70. The highest BCUT2D eigenvalue weighted by molar-refractivity contribution is 14.1. The van der Waals surface area contributed by atoms with E-state index >= 15 is 0 Å². The van der Waals surface area contributed by atoms with Crippen LogP contribution in [0.4, 0.5) is 13.2 Å². The fourth-order valence-corrected chi connectivity index (χ4v) is 0.979. The Kier molecular flexibility index (Phi) is 3.29. The van der Waals surface area contributed by atoms with Gasteiger partial charge in [-0.05, 0) is 0 Å². The number of aromatic nitrogens is 3. The van der Waals surface area contributed by atoms with Crippen molar-refractivity contribution >= 4 is 28.8 Å². The molecule has 0 saturated heterocycles. The lowest BCUT2D eigenvalue weighted by Crippen LogP contribution is -2.33. The van der Waals surface area contributed by atoms with Crippen LogP contribution in [0.2, 0.25) is 0 Å². The summed E-state index contributed by atoms with van der Waals surface area (Å²) >= 11 is 1.72. The van der Waals surface area contributed by atoms with Crippen molar-refractivity contribution in [3.63, 3.8) is 0 Å². The number of halogens is 4. The van der Waals surface area contributed by atoms with Crippen LogP contribution in [-0.4, -0.2) is 31.8 Å². The molecule has 5 nitrogen and oxygen atoms in total. The molecule has 14 heavy (non-hydrogen) atoms. The van der Waals surface area contributed by atoms with E-state index in [0.29, 0.717) is 0 Å². The van der Waals surface area contributed by atoms with Gasteiger partial charge in [0.1, 0.15) is 6.54 Å². The summed E-state index contributed by atoms with van der Waals surface area (Å²) in [5, 5.41) is 8.40. The summed E-state index contributed by atoms with van der Waals surface area (Å²) in [6, 6.07) is 0. The third kappa shape index (κ3) is 3.47. The lowest BCUT2D eigenvalue weighted by molar-refractivity contribution is -0.123. The van der Waals surface area contributed by atoms with Crippen LogP contribution in [0, 0.1) is 0 Å². The van der Waals surface area contributed by atoms with E-state index in [0.717, 1.165) is 0 Å². The topological polar surface area (TPSA) is 59.8 Å². The van der Waals surface area contributed by atoms with Crippen molar-refractivity contribution in [1.29, 1.82) is 0 Å². The van der Waals surface area contributed by atoms with Crippen molar-refractivity contribution in [3.8, 4) is 0 Å². The van der Waals surface area contributed by atoms with Crippen LogP contribution in [0.15, 0.2) is 6.20 Å². The lowest BCUT2D eigenvalue weighted by Gasteiger charge is -2.05. The average molecular weight is 320 g/mol. The predicted molar refractivity (Wildman–Crippen MR) is 47.8 cm³/mol. The molecular weight excluding hydrogens is 316 g/mol. The number of carbonyl (C=O) groups is 1. The molecule has 1 heterocycles. The fraction of sp³-hybridized carbons (Fsp3) is 0.400. The van der Waals surface area contributed by atoms with Crippen LogP contribution in [0.3, 0.4) is 0 Å². The maximum absolute atomic E-state index is 11.7. The van der Waals surface area contributed by atoms with Gasteiger partial charge in [-0.25, -0.2) is 0 Å². The Balaban J connectivity index is 2.52. The second-order valence-electron chi connectivity index (χ2n) is 2.29. The molecule has 0 atom stereocenters. The molecule has 0 spiro atoms. The summed E-state index contributed by atoms with van der Waals surface area (Å²) in [6.07, 6.45) is -3.21. The molecule has 0 aliphatic rings. The fourth-order valence-electron chi connectivity index (χ4n) is 0.619. The first-order valence-corrected chi connectivity index (χ1v) is 4.28. The molecule has 1 aromatic heterocycles. The SMILES string of the molecule is O=C(NCC(F)(F)F)c1cn(I)nn1. The van der Waals surface area contributed by atoms with Gasteiger partial charge in [0.05, 0.1) is 29.1 Å². The van der Waals surface area contributed by atoms with Gasteiger partial charge in [0, 0.05) is 0 Å². The summed E-state index contributed by atoms with van der Waals surface area (Å²) in [4.78, 5) is 11.0. The van der Waals surface area contributed by atoms with Gasteiger partial charge in [-0.3, -0.25) is 4.79 Å². The molecule has 1 N–H and O–H groups in total. The van der Waals surface area contributed by atoms with Gasteiger partial charge in [-0.1, -0.05) is 5.21 Å². The highest BCUT2D eigenvalue weighted by atomic mass is 127. The Morgan fingerprint density at radius 3 is 2.71 bits per heavy atom. The van der Waals surface area contributed by atoms with Crippen LogP contribution >= 0.6 is 22.9 Å². The average Bonchev–Trinajstić information content (AvgIpc) is 2.46. The van der Waals surface area contributed by atoms with Crippen molar-refractivity contribution in [2.75, 3.05) is 6.54 Å². The second kappa shape index (κ2) is 4.11. The van der Waals surface area contributed by atoms with Gasteiger partial charge in [0.15, 0.2) is 5.69 Å². The molecule has 1 aromatic rings. The van der Waals surface area contributed by atoms with Crippen LogP contribution in [0.5, 0.6) is 0 Å². The molecule has 1 rings (SSSR count). The third-order valence-corrected chi connectivity index (χ3v) is 1.62. The Bertz CT molecular complexity index is 336. The minimum Gasteiger partial charge on any atom is -0.341 e. The van der Waals surface area contributed by atoms with Crippen molar-refractivity contribution in [2.45, 2.75) is 6.18 Å². The monoisotopic (exact) mass is 320 g/mol. The minimum absolute atomic E-state index is 0.149. The highest BCUT2D eigenvalue weighted by Gasteiger charge is 2.28. The van der Waals surface area contributed by atoms with Crippen LogP contribution < -0.4 is 5.32 Å². The van der Waals surface area contributed by atoms with E-state index in [1.807, 2.05) is 0 Å². The van der Waals surface area contributed by atoms with E-state index in [1.54, 1.807) is 28.2 Å². The van der Waals surface area contributed by atoms with Gasteiger partial charge in [-0.2, -0.15) is 16.1 Å². The van der Waals surface area contributed by atoms with Gasteiger partial charge < -0.3 is 5.32 Å². The smallest absolute Gasteiger partial charge is 0.341 e. The quantitative estimate of drug-likeness (QED) is 0.819. The molecule has 78 valence electrons. The van der Waals surface area contributed by atoms with Gasteiger partial charge in [0.2, 0.25) is 0 Å². The zero-order valence-electron chi connectivity index (χ0n) is 6.55. The maximum Gasteiger partial charge on any atom is 0.405 e. The first-order valence-electron chi connectivity index (χ1n) is 3.32. The van der Waals surface area contributed by atoms with E-state index in [9.17, 15) is 18.0 Å². The summed E-state index contributed by atoms with van der Waals surface area (Å²) in [5.41, 5.74) is -0.149. The Morgan fingerprint density at radius 2 is 2.29 bits per heavy atom. The highest BCUT2D eigenvalue weighted by Crippen LogP contribution is 2.12. The van der Waals surface area contributed by atoms with Gasteiger partial charge in [-0.15, -0.1) is 5.10 Å². The van der Waals surface area contributed by atoms with Gasteiger partial charge in [0.25, 0.3) is 5.91 Å². The second-order valence-corrected chi connectivity index (χ2v) is 3.28. The van der Waals surface area contributed by atoms with E-state index < -0.39 is 18.6 Å². The van der Waals surface area contributed by atoms with E-state index in [-0.39, 0.29) is 5.69 Å². The lowest BCUT2D eigenvalue weighted by atomic mass is 10.4. The minimum atomic E-state index is -4.42. The first-order chi connectivity index (χ1) is 6.38. The standard InChI is InChI=1S/C5H4F3IN4O/c6-5(7,8)2-10-4(14)3-1-13(9)12-11-3/h1H,2H2,(H,10,14). The molecule has 1 amide bonds. The normalized spacial score (nSPS) is 11.4. The van der Waals surface area contributed by atoms with Crippen molar-refractivity contribution in [1.82, 2.24) is 18.5 Å². The summed E-state index contributed by atoms with van der Waals surface area (Å²) < 4.78 is 36.2. The molecule has 0 aromatic carbocycles. The largest absolute Gasteiger partial charge is 0.405 e. The molecule has 9 heteroatoms. The van der Waals surface area contributed by atoms with Crippen molar-refractivity contribution in [3.05, 3.63) is 11.9 Å². The number of carbonyl (C=O) groups excluding carboxylic acids is 1. The Labute approximate surface area is 90.1 Å². The van der Waals surface area contributed by atoms with Crippen LogP contribution in [0.1, 0.15) is 10.5 Å². The number of alkyl halides is 3. The molecule has 0 radical (unpaired) electrons. The van der Waals surface area contributed by atoms with Gasteiger partial charge >= 0.3 is 6.18 Å². The molecule has 0 aliphatic heterocycles. The number of hydrogen-bond acceptors (Lipinski definition) is 3.